The Morgan fingerprint density at radius 2 is 1.85 bits per heavy atom. The van der Waals surface area contributed by atoms with Gasteiger partial charge in [0.1, 0.15) is 5.82 Å². The third-order valence-corrected chi connectivity index (χ3v) is 4.93. The maximum Gasteiger partial charge on any atom is 0.271 e. The highest BCUT2D eigenvalue weighted by atomic mass is 35.5. The average Bonchev–Trinajstić information content (AvgIpc) is 2.87. The minimum Gasteiger partial charge on any atom is -0.368 e. The van der Waals surface area contributed by atoms with Gasteiger partial charge in [0.05, 0.1) is 15.6 Å². The first kappa shape index (κ1) is 19.1. The van der Waals surface area contributed by atoms with Gasteiger partial charge in [-0.15, -0.1) is 0 Å². The van der Waals surface area contributed by atoms with Crippen LogP contribution in [0.2, 0.25) is 5.02 Å². The highest BCUT2D eigenvalue weighted by Gasteiger charge is 2.23. The van der Waals surface area contributed by atoms with Gasteiger partial charge < -0.3 is 9.80 Å². The van der Waals surface area contributed by atoms with E-state index in [1.165, 1.54) is 36.4 Å². The predicted molar refractivity (Wildman–Crippen MR) is 102 cm³/mol. The number of halogens is 2. The number of carbonyl (C=O) groups is 1. The molecule has 0 saturated carbocycles. The SMILES string of the molecule is Cc1cc([N+](=O)[O-])cc(Cl)c1N1CCCN(C(=O)c2ccc(F)cc2)CC1. The van der Waals surface area contributed by atoms with Crippen LogP contribution in [0.4, 0.5) is 15.8 Å². The van der Waals surface area contributed by atoms with Crippen molar-refractivity contribution in [1.29, 1.82) is 0 Å². The molecule has 1 amide bonds. The summed E-state index contributed by atoms with van der Waals surface area (Å²) in [6, 6.07) is 8.38. The van der Waals surface area contributed by atoms with E-state index < -0.39 is 4.92 Å². The maximum absolute atomic E-state index is 13.1. The minimum absolute atomic E-state index is 0.0378. The van der Waals surface area contributed by atoms with E-state index in [1.807, 2.05) is 0 Å². The Morgan fingerprint density at radius 3 is 2.48 bits per heavy atom. The van der Waals surface area contributed by atoms with E-state index in [0.29, 0.717) is 36.8 Å². The average molecular weight is 392 g/mol. The van der Waals surface area contributed by atoms with Gasteiger partial charge in [-0.25, -0.2) is 4.39 Å². The molecule has 1 heterocycles. The molecule has 0 unspecified atom stereocenters. The Kier molecular flexibility index (Phi) is 5.60. The molecule has 0 N–H and O–H groups in total. The lowest BCUT2D eigenvalue weighted by atomic mass is 10.1. The zero-order valence-electron chi connectivity index (χ0n) is 14.8. The van der Waals surface area contributed by atoms with Crippen LogP contribution in [0.3, 0.4) is 0 Å². The Balaban J connectivity index is 1.76. The standard InChI is InChI=1S/C19H19ClFN3O3/c1-13-11-16(24(26)27)12-17(20)18(13)22-7-2-8-23(10-9-22)19(25)14-3-5-15(21)6-4-14/h3-6,11-12H,2,7-10H2,1H3. The molecule has 0 aromatic heterocycles. The lowest BCUT2D eigenvalue weighted by Crippen LogP contribution is -2.35. The van der Waals surface area contributed by atoms with Crippen LogP contribution >= 0.6 is 11.6 Å². The molecule has 1 fully saturated rings. The summed E-state index contributed by atoms with van der Waals surface area (Å²) < 4.78 is 13.1. The summed E-state index contributed by atoms with van der Waals surface area (Å²) in [6.45, 7) is 4.11. The molecule has 0 bridgehead atoms. The largest absolute Gasteiger partial charge is 0.368 e. The van der Waals surface area contributed by atoms with Crippen molar-refractivity contribution in [3.8, 4) is 0 Å². The fourth-order valence-electron chi connectivity index (χ4n) is 3.34. The molecule has 2 aromatic rings. The summed E-state index contributed by atoms with van der Waals surface area (Å²) in [5.41, 5.74) is 1.91. The zero-order valence-corrected chi connectivity index (χ0v) is 15.6. The maximum atomic E-state index is 13.1. The number of nitrogens with zero attached hydrogens (tertiary/aromatic N) is 3. The smallest absolute Gasteiger partial charge is 0.271 e. The lowest BCUT2D eigenvalue weighted by Gasteiger charge is -2.26. The fraction of sp³-hybridized carbons (Fsp3) is 0.316. The number of benzene rings is 2. The van der Waals surface area contributed by atoms with E-state index in [-0.39, 0.29) is 17.4 Å². The normalized spacial score (nSPS) is 14.8. The zero-order chi connectivity index (χ0) is 19.6. The number of nitro benzene ring substituents is 1. The number of hydrogen-bond acceptors (Lipinski definition) is 4. The summed E-state index contributed by atoms with van der Waals surface area (Å²) in [4.78, 5) is 27.0. The van der Waals surface area contributed by atoms with Crippen LogP contribution in [0.1, 0.15) is 22.3 Å². The molecule has 6 nitrogen and oxygen atoms in total. The molecule has 1 aliphatic heterocycles. The Bertz CT molecular complexity index is 850. The number of amides is 1. The van der Waals surface area contributed by atoms with Crippen LogP contribution in [0, 0.1) is 22.9 Å². The van der Waals surface area contributed by atoms with Gasteiger partial charge in [0.15, 0.2) is 0 Å². The summed E-state index contributed by atoms with van der Waals surface area (Å²) in [5, 5.41) is 11.3. The second-order valence-electron chi connectivity index (χ2n) is 6.49. The van der Waals surface area contributed by atoms with Crippen molar-refractivity contribution in [3.05, 3.63) is 68.5 Å². The molecule has 8 heteroatoms. The van der Waals surface area contributed by atoms with E-state index >= 15 is 0 Å². The molecule has 0 spiro atoms. The second-order valence-corrected chi connectivity index (χ2v) is 6.90. The van der Waals surface area contributed by atoms with E-state index in [1.54, 1.807) is 11.8 Å². The highest BCUT2D eigenvalue weighted by molar-refractivity contribution is 6.33. The first-order valence-electron chi connectivity index (χ1n) is 8.61. The second kappa shape index (κ2) is 7.92. The lowest BCUT2D eigenvalue weighted by molar-refractivity contribution is -0.384. The number of nitro groups is 1. The van der Waals surface area contributed by atoms with Crippen molar-refractivity contribution < 1.29 is 14.1 Å². The Labute approximate surface area is 161 Å². The molecule has 1 aliphatic rings. The van der Waals surface area contributed by atoms with Gasteiger partial charge in [0.2, 0.25) is 0 Å². The summed E-state index contributed by atoms with van der Waals surface area (Å²) >= 11 is 6.31. The van der Waals surface area contributed by atoms with Crippen molar-refractivity contribution in [3.63, 3.8) is 0 Å². The topological polar surface area (TPSA) is 66.7 Å². The first-order valence-corrected chi connectivity index (χ1v) is 8.99. The Morgan fingerprint density at radius 1 is 1.15 bits per heavy atom. The third-order valence-electron chi connectivity index (χ3n) is 4.64. The number of rotatable bonds is 3. The van der Waals surface area contributed by atoms with Crippen LogP contribution < -0.4 is 4.90 Å². The van der Waals surface area contributed by atoms with Crippen LogP contribution in [-0.2, 0) is 0 Å². The Hall–Kier alpha value is -2.67. The van der Waals surface area contributed by atoms with Crippen LogP contribution in [0.25, 0.3) is 0 Å². The van der Waals surface area contributed by atoms with Gasteiger partial charge in [-0.1, -0.05) is 11.6 Å². The summed E-state index contributed by atoms with van der Waals surface area (Å²) in [7, 11) is 0. The number of carbonyl (C=O) groups excluding carboxylic acids is 1. The van der Waals surface area contributed by atoms with Crippen molar-refractivity contribution in [2.75, 3.05) is 31.1 Å². The van der Waals surface area contributed by atoms with E-state index in [2.05, 4.69) is 4.90 Å². The van der Waals surface area contributed by atoms with Gasteiger partial charge in [-0.3, -0.25) is 14.9 Å². The monoisotopic (exact) mass is 391 g/mol. The predicted octanol–water partition coefficient (Wildman–Crippen LogP) is 4.05. The van der Waals surface area contributed by atoms with Gasteiger partial charge in [-0.05, 0) is 43.2 Å². The summed E-state index contributed by atoms with van der Waals surface area (Å²) in [6.07, 6.45) is 0.736. The van der Waals surface area contributed by atoms with Crippen LogP contribution in [0.5, 0.6) is 0 Å². The molecule has 0 radical (unpaired) electrons. The fourth-order valence-corrected chi connectivity index (χ4v) is 3.72. The van der Waals surface area contributed by atoms with Crippen molar-refractivity contribution in [2.24, 2.45) is 0 Å². The van der Waals surface area contributed by atoms with E-state index in [9.17, 15) is 19.3 Å². The number of aryl methyl sites for hydroxylation is 1. The number of anilines is 1. The molecule has 1 saturated heterocycles. The summed E-state index contributed by atoms with van der Waals surface area (Å²) in [5.74, 6) is -0.514. The number of non-ortho nitro benzene ring substituents is 1. The minimum atomic E-state index is -0.464. The molecule has 2 aromatic carbocycles. The third kappa shape index (κ3) is 4.19. The molecule has 0 aliphatic carbocycles. The van der Waals surface area contributed by atoms with Gasteiger partial charge in [0, 0.05) is 43.9 Å². The molecular formula is C19H19ClFN3O3. The molecular weight excluding hydrogens is 373 g/mol. The quantitative estimate of drug-likeness (QED) is 0.584. The number of hydrogen-bond donors (Lipinski definition) is 0. The molecule has 142 valence electrons. The first-order chi connectivity index (χ1) is 12.9. The highest BCUT2D eigenvalue weighted by Crippen LogP contribution is 2.34. The van der Waals surface area contributed by atoms with Crippen molar-refractivity contribution >= 4 is 28.9 Å². The van der Waals surface area contributed by atoms with Crippen molar-refractivity contribution in [2.45, 2.75) is 13.3 Å². The molecule has 0 atom stereocenters. The molecule has 3 rings (SSSR count). The van der Waals surface area contributed by atoms with Crippen molar-refractivity contribution in [1.82, 2.24) is 4.90 Å². The van der Waals surface area contributed by atoms with Crippen LogP contribution in [0.15, 0.2) is 36.4 Å². The molecule has 27 heavy (non-hydrogen) atoms. The van der Waals surface area contributed by atoms with E-state index in [0.717, 1.165) is 17.7 Å². The van der Waals surface area contributed by atoms with Gasteiger partial charge in [0.25, 0.3) is 11.6 Å². The van der Waals surface area contributed by atoms with Gasteiger partial charge >= 0.3 is 0 Å². The van der Waals surface area contributed by atoms with Crippen LogP contribution in [-0.4, -0.2) is 41.9 Å². The van der Waals surface area contributed by atoms with Gasteiger partial charge in [-0.2, -0.15) is 0 Å². The van der Waals surface area contributed by atoms with E-state index in [4.69, 9.17) is 11.6 Å².